The van der Waals surface area contributed by atoms with Crippen molar-refractivity contribution in [3.8, 4) is 0 Å². The smallest absolute Gasteiger partial charge is 0.374 e. The average molecular weight is 318 g/mol. The van der Waals surface area contributed by atoms with Crippen molar-refractivity contribution >= 4 is 17.5 Å². The number of furan rings is 1. The molecule has 0 saturated heterocycles. The minimum absolute atomic E-state index is 0.0427. The van der Waals surface area contributed by atoms with Gasteiger partial charge < -0.3 is 13.9 Å². The van der Waals surface area contributed by atoms with Crippen molar-refractivity contribution in [2.75, 3.05) is 13.7 Å². The molecule has 5 heteroatoms. The van der Waals surface area contributed by atoms with Crippen LogP contribution in [0.1, 0.15) is 55.3 Å². The Morgan fingerprint density at radius 3 is 2.83 bits per heavy atom. The molecule has 2 atom stereocenters. The summed E-state index contributed by atoms with van der Waals surface area (Å²) >= 11 is 0. The third kappa shape index (κ3) is 2.69. The first-order chi connectivity index (χ1) is 10.8. The van der Waals surface area contributed by atoms with Crippen LogP contribution in [-0.2, 0) is 20.7 Å². The van der Waals surface area contributed by atoms with Crippen LogP contribution in [0, 0.1) is 11.3 Å². The van der Waals surface area contributed by atoms with Crippen LogP contribution in [0.15, 0.2) is 16.3 Å². The van der Waals surface area contributed by atoms with Gasteiger partial charge in [0.1, 0.15) is 0 Å². The lowest BCUT2D eigenvalue weighted by Crippen LogP contribution is -2.21. The average Bonchev–Trinajstić information content (AvgIpc) is 3.06. The van der Waals surface area contributed by atoms with Crippen molar-refractivity contribution < 1.29 is 23.5 Å². The lowest BCUT2D eigenvalue weighted by Gasteiger charge is -2.22. The summed E-state index contributed by atoms with van der Waals surface area (Å²) in [6.07, 6.45) is 4.38. The number of fused-ring (bicyclic) bond motifs is 2. The maximum Gasteiger partial charge on any atom is 0.374 e. The molecule has 0 bridgehead atoms. The van der Waals surface area contributed by atoms with Crippen molar-refractivity contribution in [3.63, 3.8) is 0 Å². The maximum absolute atomic E-state index is 11.9. The van der Waals surface area contributed by atoms with Crippen LogP contribution in [0.25, 0.3) is 5.57 Å². The molecule has 1 aromatic heterocycles. The van der Waals surface area contributed by atoms with Crippen molar-refractivity contribution in [3.05, 3.63) is 28.7 Å². The summed E-state index contributed by atoms with van der Waals surface area (Å²) in [5.74, 6) is 0.0338. The van der Waals surface area contributed by atoms with Crippen molar-refractivity contribution in [2.24, 2.45) is 11.3 Å². The molecule has 0 spiro atoms. The predicted octanol–water partition coefficient (Wildman–Crippen LogP) is 3.38. The van der Waals surface area contributed by atoms with E-state index in [0.29, 0.717) is 18.3 Å². The normalized spacial score (nSPS) is 25.8. The standard InChI is InChI=1S/C18H22O5/c1-10-14-7-18(3,9-23-11(2)19)6-12(14)5-13-8-22-16(15(10)13)17(20)21-4/h8,12H,5-7,9H2,1-4H3. The summed E-state index contributed by atoms with van der Waals surface area (Å²) in [5, 5.41) is 0. The number of hydrogen-bond acceptors (Lipinski definition) is 5. The number of allylic oxidation sites excluding steroid dienone is 2. The largest absolute Gasteiger partial charge is 0.465 e. The Balaban J connectivity index is 1.92. The van der Waals surface area contributed by atoms with Gasteiger partial charge in [0.15, 0.2) is 0 Å². The second-order valence-electron chi connectivity index (χ2n) is 6.98. The zero-order valence-electron chi connectivity index (χ0n) is 14.0. The molecule has 1 heterocycles. The lowest BCUT2D eigenvalue weighted by atomic mass is 9.82. The summed E-state index contributed by atoms with van der Waals surface area (Å²) in [5.41, 5.74) is 4.36. The van der Waals surface area contributed by atoms with Crippen LogP contribution < -0.4 is 0 Å². The number of rotatable bonds is 3. The molecule has 1 fully saturated rings. The summed E-state index contributed by atoms with van der Waals surface area (Å²) < 4.78 is 15.5. The lowest BCUT2D eigenvalue weighted by molar-refractivity contribution is -0.144. The molecule has 0 N–H and O–H groups in total. The molecule has 0 radical (unpaired) electrons. The number of methoxy groups -OCH3 is 1. The Morgan fingerprint density at radius 1 is 1.43 bits per heavy atom. The Hall–Kier alpha value is -2.04. The van der Waals surface area contributed by atoms with Crippen LogP contribution in [0.2, 0.25) is 0 Å². The highest BCUT2D eigenvalue weighted by atomic mass is 16.5. The maximum atomic E-state index is 11.9. The minimum atomic E-state index is -0.440. The van der Waals surface area contributed by atoms with Crippen molar-refractivity contribution in [1.29, 1.82) is 0 Å². The third-order valence-corrected chi connectivity index (χ3v) is 5.03. The number of carbonyl (C=O) groups excluding carboxylic acids is 2. The fraction of sp³-hybridized carbons (Fsp3) is 0.556. The third-order valence-electron chi connectivity index (χ3n) is 5.03. The van der Waals surface area contributed by atoms with Gasteiger partial charge in [-0.1, -0.05) is 12.5 Å². The van der Waals surface area contributed by atoms with Gasteiger partial charge in [0.2, 0.25) is 5.76 Å². The van der Waals surface area contributed by atoms with E-state index < -0.39 is 5.97 Å². The fourth-order valence-electron chi connectivity index (χ4n) is 4.04. The molecule has 5 nitrogen and oxygen atoms in total. The van der Waals surface area contributed by atoms with Gasteiger partial charge in [-0.3, -0.25) is 4.79 Å². The zero-order chi connectivity index (χ0) is 16.8. The molecule has 0 aromatic carbocycles. The van der Waals surface area contributed by atoms with Gasteiger partial charge in [-0.05, 0) is 43.2 Å². The van der Waals surface area contributed by atoms with Gasteiger partial charge in [0.05, 0.1) is 20.0 Å². The highest BCUT2D eigenvalue weighted by Gasteiger charge is 2.43. The van der Waals surface area contributed by atoms with Crippen LogP contribution in [0.3, 0.4) is 0 Å². The molecule has 3 rings (SSSR count). The number of ether oxygens (including phenoxy) is 2. The molecule has 1 aromatic rings. The fourth-order valence-corrected chi connectivity index (χ4v) is 4.04. The van der Waals surface area contributed by atoms with Gasteiger partial charge in [-0.25, -0.2) is 4.79 Å². The van der Waals surface area contributed by atoms with Gasteiger partial charge in [0, 0.05) is 17.9 Å². The van der Waals surface area contributed by atoms with Gasteiger partial charge in [-0.2, -0.15) is 0 Å². The van der Waals surface area contributed by atoms with E-state index >= 15 is 0 Å². The van der Waals surface area contributed by atoms with E-state index in [-0.39, 0.29) is 11.4 Å². The van der Waals surface area contributed by atoms with Crippen LogP contribution >= 0.6 is 0 Å². The zero-order valence-corrected chi connectivity index (χ0v) is 14.0. The van der Waals surface area contributed by atoms with E-state index in [0.717, 1.165) is 36.0 Å². The highest BCUT2D eigenvalue weighted by molar-refractivity contribution is 5.94. The van der Waals surface area contributed by atoms with Crippen molar-refractivity contribution in [1.82, 2.24) is 0 Å². The van der Waals surface area contributed by atoms with Crippen molar-refractivity contribution in [2.45, 2.75) is 40.0 Å². The Labute approximate surface area is 135 Å². The molecule has 2 unspecified atom stereocenters. The quantitative estimate of drug-likeness (QED) is 0.799. The van der Waals surface area contributed by atoms with Crippen LogP contribution in [0.4, 0.5) is 0 Å². The Morgan fingerprint density at radius 2 is 2.17 bits per heavy atom. The topological polar surface area (TPSA) is 65.7 Å². The Bertz CT molecular complexity index is 696. The molecule has 23 heavy (non-hydrogen) atoms. The van der Waals surface area contributed by atoms with E-state index in [9.17, 15) is 9.59 Å². The first-order valence-electron chi connectivity index (χ1n) is 7.86. The molecular formula is C18H22O5. The molecule has 0 amide bonds. The Kier molecular flexibility index (Phi) is 3.82. The number of carbonyl (C=O) groups is 2. The molecule has 2 aliphatic carbocycles. The second kappa shape index (κ2) is 5.55. The summed E-state index contributed by atoms with van der Waals surface area (Å²) in [6.45, 7) is 6.08. The molecule has 1 saturated carbocycles. The van der Waals surface area contributed by atoms with Gasteiger partial charge in [-0.15, -0.1) is 0 Å². The highest BCUT2D eigenvalue weighted by Crippen LogP contribution is 2.52. The monoisotopic (exact) mass is 318 g/mol. The predicted molar refractivity (Wildman–Crippen MR) is 83.8 cm³/mol. The summed E-state index contributed by atoms with van der Waals surface area (Å²) in [6, 6.07) is 0. The first kappa shape index (κ1) is 15.8. The van der Waals surface area contributed by atoms with Crippen LogP contribution in [0.5, 0.6) is 0 Å². The molecule has 2 aliphatic rings. The molecular weight excluding hydrogens is 296 g/mol. The van der Waals surface area contributed by atoms with E-state index in [1.807, 2.05) is 6.92 Å². The van der Waals surface area contributed by atoms with E-state index in [2.05, 4.69) is 6.92 Å². The summed E-state index contributed by atoms with van der Waals surface area (Å²) in [7, 11) is 1.36. The second-order valence-corrected chi connectivity index (χ2v) is 6.98. The molecule has 0 aliphatic heterocycles. The number of hydrogen-bond donors (Lipinski definition) is 0. The van der Waals surface area contributed by atoms with Gasteiger partial charge in [0.25, 0.3) is 0 Å². The SMILES string of the molecule is COC(=O)c1occ2c1C(C)=C1CC(C)(COC(C)=O)CC1C2. The van der Waals surface area contributed by atoms with E-state index in [4.69, 9.17) is 13.9 Å². The number of esters is 2. The van der Waals surface area contributed by atoms with Crippen LogP contribution in [-0.4, -0.2) is 25.7 Å². The first-order valence-corrected chi connectivity index (χ1v) is 7.86. The van der Waals surface area contributed by atoms with E-state index in [1.54, 1.807) is 6.26 Å². The van der Waals surface area contributed by atoms with E-state index in [1.165, 1.54) is 19.6 Å². The minimum Gasteiger partial charge on any atom is -0.465 e. The summed E-state index contributed by atoms with van der Waals surface area (Å²) in [4.78, 5) is 23.0. The molecule has 124 valence electrons. The van der Waals surface area contributed by atoms with Gasteiger partial charge >= 0.3 is 11.9 Å².